The molecule has 0 aromatic carbocycles. The first-order valence-corrected chi connectivity index (χ1v) is 4.56. The fourth-order valence-electron chi connectivity index (χ4n) is 1.35. The van der Waals surface area contributed by atoms with E-state index < -0.39 is 0 Å². The molecule has 12 heavy (non-hydrogen) atoms. The minimum atomic E-state index is -0.210. The fourth-order valence-corrected chi connectivity index (χ4v) is 1.35. The van der Waals surface area contributed by atoms with Crippen LogP contribution in [0.1, 0.15) is 33.1 Å². The summed E-state index contributed by atoms with van der Waals surface area (Å²) in [7, 11) is 0. The van der Waals surface area contributed by atoms with Crippen molar-refractivity contribution in [2.24, 2.45) is 23.3 Å². The molecule has 0 fully saturated rings. The highest BCUT2D eigenvalue weighted by Crippen LogP contribution is 2.19. The van der Waals surface area contributed by atoms with Crippen molar-refractivity contribution >= 4 is 5.91 Å². The number of hydrogen-bond donors (Lipinski definition) is 2. The summed E-state index contributed by atoms with van der Waals surface area (Å²) < 4.78 is 0. The molecule has 0 aromatic heterocycles. The maximum absolute atomic E-state index is 10.5. The van der Waals surface area contributed by atoms with E-state index in [0.29, 0.717) is 24.8 Å². The molecular weight excluding hydrogens is 152 g/mol. The lowest BCUT2D eigenvalue weighted by molar-refractivity contribution is -0.118. The molecule has 0 aliphatic rings. The minimum absolute atomic E-state index is 0.210. The summed E-state index contributed by atoms with van der Waals surface area (Å²) in [6.45, 7) is 5.00. The van der Waals surface area contributed by atoms with Gasteiger partial charge in [0.05, 0.1) is 0 Å². The lowest BCUT2D eigenvalue weighted by Gasteiger charge is -2.18. The number of primary amides is 1. The van der Waals surface area contributed by atoms with Crippen molar-refractivity contribution in [2.45, 2.75) is 33.1 Å². The van der Waals surface area contributed by atoms with Crippen LogP contribution < -0.4 is 11.5 Å². The van der Waals surface area contributed by atoms with E-state index in [1.165, 1.54) is 0 Å². The van der Waals surface area contributed by atoms with E-state index in [1.807, 2.05) is 0 Å². The Bertz CT molecular complexity index is 134. The predicted molar refractivity (Wildman–Crippen MR) is 50.4 cm³/mol. The van der Waals surface area contributed by atoms with Gasteiger partial charge < -0.3 is 11.5 Å². The monoisotopic (exact) mass is 172 g/mol. The molecule has 0 spiro atoms. The van der Waals surface area contributed by atoms with Gasteiger partial charge in [0.2, 0.25) is 5.91 Å². The number of hydrogen-bond acceptors (Lipinski definition) is 2. The molecule has 0 aliphatic heterocycles. The van der Waals surface area contributed by atoms with Crippen molar-refractivity contribution < 1.29 is 4.79 Å². The summed E-state index contributed by atoms with van der Waals surface area (Å²) in [5.74, 6) is 0.924. The van der Waals surface area contributed by atoms with Crippen molar-refractivity contribution in [1.82, 2.24) is 0 Å². The first-order chi connectivity index (χ1) is 5.57. The van der Waals surface area contributed by atoms with Crippen LogP contribution in [0.4, 0.5) is 0 Å². The van der Waals surface area contributed by atoms with E-state index in [0.717, 1.165) is 12.8 Å². The van der Waals surface area contributed by atoms with Crippen LogP contribution in [0.3, 0.4) is 0 Å². The van der Waals surface area contributed by atoms with E-state index in [2.05, 4.69) is 13.8 Å². The molecular formula is C9H20N2O. The minimum Gasteiger partial charge on any atom is -0.370 e. The Kier molecular flexibility index (Phi) is 5.72. The van der Waals surface area contributed by atoms with E-state index in [1.54, 1.807) is 0 Å². The molecule has 0 saturated heterocycles. The zero-order chi connectivity index (χ0) is 9.56. The number of carbonyl (C=O) groups is 1. The predicted octanol–water partition coefficient (Wildman–Crippen LogP) is 0.873. The van der Waals surface area contributed by atoms with Gasteiger partial charge in [-0.15, -0.1) is 0 Å². The van der Waals surface area contributed by atoms with Crippen LogP contribution in [0.25, 0.3) is 0 Å². The van der Waals surface area contributed by atoms with Gasteiger partial charge in [-0.3, -0.25) is 4.79 Å². The summed E-state index contributed by atoms with van der Waals surface area (Å²) in [5, 5.41) is 0. The summed E-state index contributed by atoms with van der Waals surface area (Å²) in [5.41, 5.74) is 10.5. The van der Waals surface area contributed by atoms with Crippen LogP contribution in [0, 0.1) is 11.8 Å². The van der Waals surface area contributed by atoms with Crippen molar-refractivity contribution in [2.75, 3.05) is 6.54 Å². The number of rotatable bonds is 6. The summed E-state index contributed by atoms with van der Waals surface area (Å²) in [6, 6.07) is 0. The Morgan fingerprint density at radius 2 is 1.92 bits per heavy atom. The largest absolute Gasteiger partial charge is 0.370 e. The van der Waals surface area contributed by atoms with Gasteiger partial charge in [-0.05, 0) is 31.2 Å². The molecule has 0 rings (SSSR count). The molecule has 0 bridgehead atoms. The Labute approximate surface area is 74.5 Å². The van der Waals surface area contributed by atoms with Crippen LogP contribution in [-0.4, -0.2) is 12.5 Å². The van der Waals surface area contributed by atoms with Gasteiger partial charge in [0, 0.05) is 6.42 Å². The van der Waals surface area contributed by atoms with E-state index in [4.69, 9.17) is 11.5 Å². The van der Waals surface area contributed by atoms with Gasteiger partial charge in [-0.1, -0.05) is 13.8 Å². The first kappa shape index (κ1) is 11.4. The zero-order valence-electron chi connectivity index (χ0n) is 8.05. The molecule has 3 nitrogen and oxygen atoms in total. The normalized spacial score (nSPS) is 13.3. The molecule has 1 atom stereocenters. The second kappa shape index (κ2) is 6.00. The fraction of sp³-hybridized carbons (Fsp3) is 0.889. The molecule has 0 heterocycles. The van der Waals surface area contributed by atoms with Gasteiger partial charge in [-0.25, -0.2) is 0 Å². The van der Waals surface area contributed by atoms with Gasteiger partial charge in [-0.2, -0.15) is 0 Å². The topological polar surface area (TPSA) is 69.1 Å². The average Bonchev–Trinajstić information content (AvgIpc) is 1.96. The Morgan fingerprint density at radius 3 is 2.25 bits per heavy atom. The van der Waals surface area contributed by atoms with Crippen LogP contribution in [-0.2, 0) is 4.79 Å². The van der Waals surface area contributed by atoms with Crippen molar-refractivity contribution in [1.29, 1.82) is 0 Å². The summed E-state index contributed by atoms with van der Waals surface area (Å²) in [4.78, 5) is 10.5. The van der Waals surface area contributed by atoms with Gasteiger partial charge in [0.1, 0.15) is 0 Å². The lowest BCUT2D eigenvalue weighted by Crippen LogP contribution is -2.18. The molecule has 1 unspecified atom stereocenters. The second-order valence-corrected chi connectivity index (χ2v) is 3.59. The smallest absolute Gasteiger partial charge is 0.217 e. The lowest BCUT2D eigenvalue weighted by atomic mass is 9.88. The van der Waals surface area contributed by atoms with Gasteiger partial charge in [0.15, 0.2) is 0 Å². The third-order valence-corrected chi connectivity index (χ3v) is 2.24. The van der Waals surface area contributed by atoms with Crippen LogP contribution in [0.2, 0.25) is 0 Å². The maximum Gasteiger partial charge on any atom is 0.217 e. The number of carbonyl (C=O) groups excluding carboxylic acids is 1. The molecule has 0 saturated carbocycles. The molecule has 0 aliphatic carbocycles. The summed E-state index contributed by atoms with van der Waals surface area (Å²) in [6.07, 6.45) is 2.36. The Hall–Kier alpha value is -0.570. The third-order valence-electron chi connectivity index (χ3n) is 2.24. The van der Waals surface area contributed by atoms with Gasteiger partial charge in [0.25, 0.3) is 0 Å². The standard InChI is InChI=1S/C9H20N2O/c1-7(2)8(5-6-10)3-4-9(11)12/h7-8H,3-6,10H2,1-2H3,(H2,11,12). The number of amides is 1. The van der Waals surface area contributed by atoms with E-state index in [9.17, 15) is 4.79 Å². The molecule has 0 aromatic rings. The summed E-state index contributed by atoms with van der Waals surface area (Å²) >= 11 is 0. The third kappa shape index (κ3) is 5.13. The highest BCUT2D eigenvalue weighted by atomic mass is 16.1. The highest BCUT2D eigenvalue weighted by Gasteiger charge is 2.12. The van der Waals surface area contributed by atoms with E-state index in [-0.39, 0.29) is 5.91 Å². The van der Waals surface area contributed by atoms with Crippen molar-refractivity contribution in [3.63, 3.8) is 0 Å². The molecule has 1 amide bonds. The van der Waals surface area contributed by atoms with Crippen LogP contribution in [0.5, 0.6) is 0 Å². The quantitative estimate of drug-likeness (QED) is 0.624. The molecule has 72 valence electrons. The van der Waals surface area contributed by atoms with Crippen molar-refractivity contribution in [3.05, 3.63) is 0 Å². The second-order valence-electron chi connectivity index (χ2n) is 3.59. The SMILES string of the molecule is CC(C)C(CCN)CCC(N)=O. The van der Waals surface area contributed by atoms with E-state index >= 15 is 0 Å². The first-order valence-electron chi connectivity index (χ1n) is 4.56. The zero-order valence-corrected chi connectivity index (χ0v) is 8.05. The highest BCUT2D eigenvalue weighted by molar-refractivity contribution is 5.73. The number of nitrogens with two attached hydrogens (primary N) is 2. The van der Waals surface area contributed by atoms with Crippen molar-refractivity contribution in [3.8, 4) is 0 Å². The van der Waals surface area contributed by atoms with Crippen LogP contribution >= 0.6 is 0 Å². The Morgan fingerprint density at radius 1 is 1.33 bits per heavy atom. The van der Waals surface area contributed by atoms with Gasteiger partial charge >= 0.3 is 0 Å². The average molecular weight is 172 g/mol. The van der Waals surface area contributed by atoms with Crippen LogP contribution in [0.15, 0.2) is 0 Å². The molecule has 3 heteroatoms. The molecule has 4 N–H and O–H groups in total. The molecule has 0 radical (unpaired) electrons. The Balaban J connectivity index is 3.70. The maximum atomic E-state index is 10.5.